The second-order valence-electron chi connectivity index (χ2n) is 5.79. The van der Waals surface area contributed by atoms with Crippen molar-refractivity contribution in [3.63, 3.8) is 0 Å². The van der Waals surface area contributed by atoms with Crippen LogP contribution in [0.15, 0.2) is 36.4 Å². The summed E-state index contributed by atoms with van der Waals surface area (Å²) in [5, 5.41) is 4.60. The van der Waals surface area contributed by atoms with Crippen molar-refractivity contribution in [2.75, 3.05) is 18.5 Å². The maximum atomic E-state index is 13.9. The summed E-state index contributed by atoms with van der Waals surface area (Å²) < 4.78 is 40.8. The Morgan fingerprint density at radius 2 is 1.65 bits per heavy atom. The molecule has 121 valence electrons. The fourth-order valence-electron chi connectivity index (χ4n) is 2.96. The van der Waals surface area contributed by atoms with Crippen molar-refractivity contribution in [2.24, 2.45) is 0 Å². The van der Waals surface area contributed by atoms with E-state index in [4.69, 9.17) is 0 Å². The molecule has 0 aromatic heterocycles. The van der Waals surface area contributed by atoms with Crippen LogP contribution in [-0.2, 0) is 0 Å². The summed E-state index contributed by atoms with van der Waals surface area (Å²) in [5.74, 6) is -2.76. The van der Waals surface area contributed by atoms with E-state index < -0.39 is 17.5 Å². The van der Waals surface area contributed by atoms with E-state index in [-0.39, 0.29) is 11.7 Å². The first-order valence-corrected chi connectivity index (χ1v) is 7.71. The molecule has 3 rings (SSSR count). The SMILES string of the molecule is CN(c1ccc(C2CCCC[N]2)cc1)c1c(F)cc(F)cc1F. The minimum Gasteiger partial charge on any atom is -0.340 e. The number of rotatable bonds is 3. The molecule has 1 aliphatic heterocycles. The van der Waals surface area contributed by atoms with Crippen LogP contribution in [0.4, 0.5) is 24.5 Å². The largest absolute Gasteiger partial charge is 0.340 e. The monoisotopic (exact) mass is 319 g/mol. The lowest BCUT2D eigenvalue weighted by Crippen LogP contribution is -2.20. The van der Waals surface area contributed by atoms with Gasteiger partial charge in [0.2, 0.25) is 0 Å². The van der Waals surface area contributed by atoms with Crippen LogP contribution in [0.5, 0.6) is 0 Å². The van der Waals surface area contributed by atoms with Gasteiger partial charge in [0.05, 0.1) is 0 Å². The molecule has 1 saturated heterocycles. The molecule has 0 spiro atoms. The maximum Gasteiger partial charge on any atom is 0.152 e. The van der Waals surface area contributed by atoms with E-state index in [2.05, 4.69) is 5.32 Å². The van der Waals surface area contributed by atoms with Gasteiger partial charge in [0.25, 0.3) is 0 Å². The number of hydrogen-bond acceptors (Lipinski definition) is 1. The standard InChI is InChI=1S/C18H18F3N2/c1-23(18-15(20)10-13(19)11-16(18)21)14-7-5-12(6-8-14)17-4-2-3-9-22-17/h5-8,10-11,17H,2-4,9H2,1H3. The molecule has 5 heteroatoms. The van der Waals surface area contributed by atoms with Gasteiger partial charge < -0.3 is 4.90 Å². The first-order chi connectivity index (χ1) is 11.1. The third-order valence-corrected chi connectivity index (χ3v) is 4.22. The lowest BCUT2D eigenvalue weighted by atomic mass is 9.97. The van der Waals surface area contributed by atoms with Crippen LogP contribution in [0.25, 0.3) is 0 Å². The predicted molar refractivity (Wildman–Crippen MR) is 84.4 cm³/mol. The number of anilines is 2. The van der Waals surface area contributed by atoms with Gasteiger partial charge in [-0.15, -0.1) is 0 Å². The molecular weight excluding hydrogens is 301 g/mol. The highest BCUT2D eigenvalue weighted by Gasteiger charge is 2.19. The third-order valence-electron chi connectivity index (χ3n) is 4.22. The molecule has 2 nitrogen and oxygen atoms in total. The Labute approximate surface area is 133 Å². The van der Waals surface area contributed by atoms with Crippen molar-refractivity contribution in [2.45, 2.75) is 25.3 Å². The second kappa shape index (κ2) is 6.62. The van der Waals surface area contributed by atoms with Crippen molar-refractivity contribution in [1.29, 1.82) is 0 Å². The van der Waals surface area contributed by atoms with Crippen molar-refractivity contribution in [1.82, 2.24) is 5.32 Å². The van der Waals surface area contributed by atoms with Crippen LogP contribution < -0.4 is 10.2 Å². The topological polar surface area (TPSA) is 17.3 Å². The van der Waals surface area contributed by atoms with Crippen LogP contribution >= 0.6 is 0 Å². The highest BCUT2D eigenvalue weighted by atomic mass is 19.1. The summed E-state index contributed by atoms with van der Waals surface area (Å²) in [5.41, 5.74) is 1.48. The van der Waals surface area contributed by atoms with Gasteiger partial charge in [0.15, 0.2) is 11.6 Å². The average molecular weight is 319 g/mol. The van der Waals surface area contributed by atoms with Crippen LogP contribution in [0.3, 0.4) is 0 Å². The molecule has 0 bridgehead atoms. The summed E-state index contributed by atoms with van der Waals surface area (Å²) >= 11 is 0. The normalized spacial score (nSPS) is 18.0. The molecule has 1 radical (unpaired) electrons. The highest BCUT2D eigenvalue weighted by Crippen LogP contribution is 2.31. The molecule has 23 heavy (non-hydrogen) atoms. The minimum absolute atomic E-state index is 0.211. The zero-order valence-corrected chi connectivity index (χ0v) is 12.9. The second-order valence-corrected chi connectivity index (χ2v) is 5.79. The molecule has 1 aliphatic rings. The lowest BCUT2D eigenvalue weighted by Gasteiger charge is -2.24. The molecule has 0 aliphatic carbocycles. The number of nitrogens with zero attached hydrogens (tertiary/aromatic N) is 2. The quantitative estimate of drug-likeness (QED) is 0.801. The van der Waals surface area contributed by atoms with E-state index in [1.165, 1.54) is 11.3 Å². The summed E-state index contributed by atoms with van der Waals surface area (Å²) in [6.45, 7) is 0.887. The average Bonchev–Trinajstić information content (AvgIpc) is 2.55. The Morgan fingerprint density at radius 3 is 2.22 bits per heavy atom. The van der Waals surface area contributed by atoms with Crippen LogP contribution in [-0.4, -0.2) is 13.6 Å². The smallest absolute Gasteiger partial charge is 0.152 e. The molecule has 0 saturated carbocycles. The Hall–Kier alpha value is -2.01. The van der Waals surface area contributed by atoms with E-state index in [9.17, 15) is 13.2 Å². The number of piperidine rings is 1. The first-order valence-electron chi connectivity index (χ1n) is 7.71. The predicted octanol–water partition coefficient (Wildman–Crippen LogP) is 4.70. The Kier molecular flexibility index (Phi) is 4.57. The van der Waals surface area contributed by atoms with E-state index in [1.807, 2.05) is 24.3 Å². The van der Waals surface area contributed by atoms with Crippen LogP contribution in [0.1, 0.15) is 30.9 Å². The fraction of sp³-hybridized carbons (Fsp3) is 0.333. The number of benzene rings is 2. The van der Waals surface area contributed by atoms with Gasteiger partial charge in [-0.05, 0) is 30.5 Å². The Balaban J connectivity index is 1.84. The summed E-state index contributed by atoms with van der Waals surface area (Å²) in [6, 6.07) is 9.06. The van der Waals surface area contributed by atoms with E-state index in [0.29, 0.717) is 17.8 Å². The van der Waals surface area contributed by atoms with Crippen molar-refractivity contribution >= 4 is 11.4 Å². The zero-order valence-electron chi connectivity index (χ0n) is 12.9. The van der Waals surface area contributed by atoms with Crippen molar-refractivity contribution in [3.05, 3.63) is 59.4 Å². The minimum atomic E-state index is -0.925. The number of hydrogen-bond donors (Lipinski definition) is 0. The van der Waals surface area contributed by atoms with Gasteiger partial charge in [0, 0.05) is 37.5 Å². The van der Waals surface area contributed by atoms with E-state index >= 15 is 0 Å². The highest BCUT2D eigenvalue weighted by molar-refractivity contribution is 5.64. The van der Waals surface area contributed by atoms with Gasteiger partial charge in [-0.3, -0.25) is 0 Å². The van der Waals surface area contributed by atoms with Crippen LogP contribution in [0.2, 0.25) is 0 Å². The fourth-order valence-corrected chi connectivity index (χ4v) is 2.96. The Morgan fingerprint density at radius 1 is 1.00 bits per heavy atom. The molecular formula is C18H18F3N2. The van der Waals surface area contributed by atoms with Gasteiger partial charge in [-0.2, -0.15) is 0 Å². The van der Waals surface area contributed by atoms with Crippen molar-refractivity contribution in [3.8, 4) is 0 Å². The molecule has 1 unspecified atom stereocenters. The van der Waals surface area contributed by atoms with Crippen LogP contribution in [0, 0.1) is 17.5 Å². The summed E-state index contributed by atoms with van der Waals surface area (Å²) in [6.07, 6.45) is 3.35. The Bertz CT molecular complexity index is 656. The molecule has 0 N–H and O–H groups in total. The third kappa shape index (κ3) is 3.34. The van der Waals surface area contributed by atoms with Gasteiger partial charge in [-0.25, -0.2) is 18.5 Å². The molecule has 1 heterocycles. The molecule has 1 atom stereocenters. The van der Waals surface area contributed by atoms with Gasteiger partial charge >= 0.3 is 0 Å². The summed E-state index contributed by atoms with van der Waals surface area (Å²) in [4.78, 5) is 1.38. The zero-order chi connectivity index (χ0) is 16.4. The lowest BCUT2D eigenvalue weighted by molar-refractivity contribution is 0.403. The molecule has 2 aromatic carbocycles. The van der Waals surface area contributed by atoms with E-state index in [1.54, 1.807) is 7.05 Å². The summed E-state index contributed by atoms with van der Waals surface area (Å²) in [7, 11) is 1.55. The molecule has 0 amide bonds. The first kappa shape index (κ1) is 15.9. The number of halogens is 3. The molecule has 1 fully saturated rings. The van der Waals surface area contributed by atoms with Crippen molar-refractivity contribution < 1.29 is 13.2 Å². The molecule has 2 aromatic rings. The maximum absolute atomic E-state index is 13.9. The van der Waals surface area contributed by atoms with Gasteiger partial charge in [0.1, 0.15) is 11.5 Å². The van der Waals surface area contributed by atoms with E-state index in [0.717, 1.165) is 24.9 Å². The van der Waals surface area contributed by atoms with Gasteiger partial charge in [-0.1, -0.05) is 18.6 Å².